The summed E-state index contributed by atoms with van der Waals surface area (Å²) in [6, 6.07) is 4.88. The largest absolute Gasteiger partial charge is 0.416 e. The molecular formula is C16H22ClF3N2O2. The van der Waals surface area contributed by atoms with Crippen LogP contribution in [0.5, 0.6) is 0 Å². The smallest absolute Gasteiger partial charge is 0.391 e. The molecule has 3 unspecified atom stereocenters. The van der Waals surface area contributed by atoms with Gasteiger partial charge < -0.3 is 15.7 Å². The SMILES string of the molecule is CCC(C(=O)NCC1CNCC1O)c1cccc(C(F)(F)F)c1.Cl. The summed E-state index contributed by atoms with van der Waals surface area (Å²) >= 11 is 0. The first-order valence-electron chi connectivity index (χ1n) is 7.66. The topological polar surface area (TPSA) is 61.4 Å². The number of halogens is 4. The molecule has 8 heteroatoms. The van der Waals surface area contributed by atoms with Gasteiger partial charge in [0.2, 0.25) is 5.91 Å². The number of nitrogens with one attached hydrogen (secondary N) is 2. The molecule has 1 aliphatic rings. The van der Waals surface area contributed by atoms with Gasteiger partial charge in [-0.25, -0.2) is 0 Å². The molecule has 1 heterocycles. The quantitative estimate of drug-likeness (QED) is 0.749. The number of hydrogen-bond acceptors (Lipinski definition) is 3. The third-order valence-electron chi connectivity index (χ3n) is 4.18. The maximum atomic E-state index is 12.8. The van der Waals surface area contributed by atoms with E-state index in [0.29, 0.717) is 31.6 Å². The van der Waals surface area contributed by atoms with Crippen molar-refractivity contribution in [1.29, 1.82) is 0 Å². The van der Waals surface area contributed by atoms with Crippen LogP contribution in [-0.4, -0.2) is 36.8 Å². The van der Waals surface area contributed by atoms with Crippen LogP contribution in [0.25, 0.3) is 0 Å². The lowest BCUT2D eigenvalue weighted by atomic mass is 9.93. The number of amides is 1. The first-order valence-corrected chi connectivity index (χ1v) is 7.66. The molecule has 2 rings (SSSR count). The Morgan fingerprint density at radius 1 is 1.42 bits per heavy atom. The van der Waals surface area contributed by atoms with Crippen LogP contribution in [0.2, 0.25) is 0 Å². The van der Waals surface area contributed by atoms with E-state index in [1.54, 1.807) is 6.92 Å². The van der Waals surface area contributed by atoms with Crippen LogP contribution >= 0.6 is 12.4 Å². The molecule has 1 aliphatic heterocycles. The predicted molar refractivity (Wildman–Crippen MR) is 87.1 cm³/mol. The second kappa shape index (κ2) is 8.69. The summed E-state index contributed by atoms with van der Waals surface area (Å²) in [5.74, 6) is -1.02. The molecule has 1 aromatic carbocycles. The van der Waals surface area contributed by atoms with Crippen molar-refractivity contribution in [2.75, 3.05) is 19.6 Å². The molecule has 0 radical (unpaired) electrons. The van der Waals surface area contributed by atoms with E-state index in [0.717, 1.165) is 12.1 Å². The summed E-state index contributed by atoms with van der Waals surface area (Å²) in [4.78, 5) is 12.3. The Balaban J connectivity index is 0.00000288. The zero-order valence-electron chi connectivity index (χ0n) is 13.3. The normalized spacial score (nSPS) is 21.9. The number of alkyl halides is 3. The first kappa shape index (κ1) is 20.7. The Morgan fingerprint density at radius 2 is 2.12 bits per heavy atom. The Kier molecular flexibility index (Phi) is 7.51. The van der Waals surface area contributed by atoms with Crippen LogP contribution < -0.4 is 10.6 Å². The maximum absolute atomic E-state index is 12.8. The van der Waals surface area contributed by atoms with E-state index < -0.39 is 23.8 Å². The van der Waals surface area contributed by atoms with Crippen LogP contribution in [0.4, 0.5) is 13.2 Å². The second-order valence-corrected chi connectivity index (χ2v) is 5.81. The Hall–Kier alpha value is -1.31. The van der Waals surface area contributed by atoms with E-state index in [1.165, 1.54) is 12.1 Å². The highest BCUT2D eigenvalue weighted by atomic mass is 35.5. The van der Waals surface area contributed by atoms with Gasteiger partial charge in [0.1, 0.15) is 0 Å². The average molecular weight is 367 g/mol. The first-order chi connectivity index (χ1) is 10.8. The third kappa shape index (κ3) is 5.09. The number of rotatable bonds is 5. The number of aliphatic hydroxyl groups excluding tert-OH is 1. The van der Waals surface area contributed by atoms with Crippen LogP contribution in [0.15, 0.2) is 24.3 Å². The minimum absolute atomic E-state index is 0. The van der Waals surface area contributed by atoms with E-state index in [2.05, 4.69) is 10.6 Å². The lowest BCUT2D eigenvalue weighted by Gasteiger charge is -2.19. The molecule has 136 valence electrons. The van der Waals surface area contributed by atoms with E-state index in [4.69, 9.17) is 0 Å². The number of hydrogen-bond donors (Lipinski definition) is 3. The zero-order valence-corrected chi connectivity index (χ0v) is 14.1. The van der Waals surface area contributed by atoms with Crippen molar-refractivity contribution < 1.29 is 23.1 Å². The fourth-order valence-corrected chi connectivity index (χ4v) is 2.79. The number of β-amino-alcohol motifs (C(OH)–C–C–N with tert-alkyl or cyclic N) is 1. The monoisotopic (exact) mass is 366 g/mol. The van der Waals surface area contributed by atoms with Gasteiger partial charge in [0, 0.05) is 25.6 Å². The summed E-state index contributed by atoms with van der Waals surface area (Å²) in [6.07, 6.45) is -4.54. The second-order valence-electron chi connectivity index (χ2n) is 5.81. The van der Waals surface area contributed by atoms with E-state index >= 15 is 0 Å². The molecular weight excluding hydrogens is 345 g/mol. The molecule has 0 saturated carbocycles. The van der Waals surface area contributed by atoms with E-state index in [9.17, 15) is 23.1 Å². The van der Waals surface area contributed by atoms with Crippen molar-refractivity contribution >= 4 is 18.3 Å². The summed E-state index contributed by atoms with van der Waals surface area (Å²) in [5.41, 5.74) is -0.401. The summed E-state index contributed by atoms with van der Waals surface area (Å²) < 4.78 is 38.4. The molecule has 24 heavy (non-hydrogen) atoms. The van der Waals surface area contributed by atoms with Crippen LogP contribution in [-0.2, 0) is 11.0 Å². The van der Waals surface area contributed by atoms with Crippen molar-refractivity contribution in [3.8, 4) is 0 Å². The van der Waals surface area contributed by atoms with Crippen molar-refractivity contribution in [1.82, 2.24) is 10.6 Å². The highest BCUT2D eigenvalue weighted by molar-refractivity contribution is 5.85. The van der Waals surface area contributed by atoms with Gasteiger partial charge in [-0.2, -0.15) is 13.2 Å². The minimum Gasteiger partial charge on any atom is -0.391 e. The van der Waals surface area contributed by atoms with Crippen molar-refractivity contribution in [3.63, 3.8) is 0 Å². The predicted octanol–water partition coefficient (Wildman–Crippen LogP) is 2.32. The molecule has 4 nitrogen and oxygen atoms in total. The fraction of sp³-hybridized carbons (Fsp3) is 0.562. The molecule has 1 fully saturated rings. The molecule has 0 spiro atoms. The van der Waals surface area contributed by atoms with Crippen molar-refractivity contribution in [3.05, 3.63) is 35.4 Å². The summed E-state index contributed by atoms with van der Waals surface area (Å²) in [6.45, 7) is 3.17. The number of benzene rings is 1. The molecule has 0 aromatic heterocycles. The van der Waals surface area contributed by atoms with E-state index in [1.807, 2.05) is 0 Å². The highest BCUT2D eigenvalue weighted by Crippen LogP contribution is 2.31. The highest BCUT2D eigenvalue weighted by Gasteiger charge is 2.32. The third-order valence-corrected chi connectivity index (χ3v) is 4.18. The minimum atomic E-state index is -4.43. The maximum Gasteiger partial charge on any atom is 0.416 e. The van der Waals surface area contributed by atoms with Crippen LogP contribution in [0, 0.1) is 5.92 Å². The number of aliphatic hydroxyl groups is 1. The molecule has 1 amide bonds. The molecule has 1 saturated heterocycles. The standard InChI is InChI=1S/C16H21F3N2O2.ClH/c1-2-13(10-4-3-5-12(6-10)16(17,18)19)15(23)21-8-11-7-20-9-14(11)22;/h3-6,11,13-14,20,22H,2,7-9H2,1H3,(H,21,23);1H. The number of carbonyl (C=O) groups is 1. The zero-order chi connectivity index (χ0) is 17.0. The van der Waals surface area contributed by atoms with Gasteiger partial charge in [-0.3, -0.25) is 4.79 Å². The van der Waals surface area contributed by atoms with Crippen molar-refractivity contribution in [2.45, 2.75) is 31.5 Å². The van der Waals surface area contributed by atoms with Crippen LogP contribution in [0.1, 0.15) is 30.4 Å². The number of carbonyl (C=O) groups excluding carboxylic acids is 1. The van der Waals surface area contributed by atoms with Gasteiger partial charge in [0.25, 0.3) is 0 Å². The average Bonchev–Trinajstić information content (AvgIpc) is 2.91. The molecule has 0 bridgehead atoms. The Labute approximate surface area is 145 Å². The van der Waals surface area contributed by atoms with Gasteiger partial charge >= 0.3 is 6.18 Å². The van der Waals surface area contributed by atoms with Gasteiger partial charge in [0.15, 0.2) is 0 Å². The summed E-state index contributed by atoms with van der Waals surface area (Å²) in [5, 5.41) is 15.5. The van der Waals surface area contributed by atoms with Gasteiger partial charge in [-0.1, -0.05) is 25.1 Å². The Bertz CT molecular complexity index is 554. The van der Waals surface area contributed by atoms with Gasteiger partial charge in [-0.15, -0.1) is 12.4 Å². The molecule has 3 N–H and O–H groups in total. The lowest BCUT2D eigenvalue weighted by Crippen LogP contribution is -2.37. The lowest BCUT2D eigenvalue weighted by molar-refractivity contribution is -0.137. The van der Waals surface area contributed by atoms with E-state index in [-0.39, 0.29) is 24.2 Å². The fourth-order valence-electron chi connectivity index (χ4n) is 2.79. The van der Waals surface area contributed by atoms with Crippen molar-refractivity contribution in [2.24, 2.45) is 5.92 Å². The van der Waals surface area contributed by atoms with Gasteiger partial charge in [0.05, 0.1) is 17.6 Å². The molecule has 1 aromatic rings. The summed E-state index contributed by atoms with van der Waals surface area (Å²) in [7, 11) is 0. The molecule has 3 atom stereocenters. The Morgan fingerprint density at radius 3 is 2.67 bits per heavy atom. The molecule has 0 aliphatic carbocycles. The van der Waals surface area contributed by atoms with Crippen LogP contribution in [0.3, 0.4) is 0 Å². The van der Waals surface area contributed by atoms with Gasteiger partial charge in [-0.05, 0) is 18.1 Å².